The first-order valence-corrected chi connectivity index (χ1v) is 6.39. The molecule has 0 spiro atoms. The van der Waals surface area contributed by atoms with Gasteiger partial charge in [-0.3, -0.25) is 4.68 Å². The van der Waals surface area contributed by atoms with Crippen molar-refractivity contribution >= 4 is 17.3 Å². The molecule has 0 bridgehead atoms. The Balaban J connectivity index is 2.63. The van der Waals surface area contributed by atoms with E-state index in [0.29, 0.717) is 6.04 Å². The Hall–Kier alpha value is -1.10. The normalized spacial score (nSPS) is 10.7. The maximum absolute atomic E-state index is 5.32. The Morgan fingerprint density at radius 1 is 1.59 bits per heavy atom. The summed E-state index contributed by atoms with van der Waals surface area (Å²) in [7, 11) is 2.00. The number of aryl methyl sites for hydroxylation is 2. The van der Waals surface area contributed by atoms with Crippen molar-refractivity contribution in [1.82, 2.24) is 20.0 Å². The van der Waals surface area contributed by atoms with E-state index in [2.05, 4.69) is 37.4 Å². The second-order valence-corrected chi connectivity index (χ2v) is 4.94. The second kappa shape index (κ2) is 6.00. The van der Waals surface area contributed by atoms with Crippen LogP contribution >= 0.6 is 12.2 Å². The van der Waals surface area contributed by atoms with E-state index in [9.17, 15) is 0 Å². The molecule has 0 aliphatic carbocycles. The summed E-state index contributed by atoms with van der Waals surface area (Å²) in [6.07, 6.45) is 2.09. The first-order valence-electron chi connectivity index (χ1n) is 5.98. The van der Waals surface area contributed by atoms with Crippen LogP contribution < -0.4 is 5.32 Å². The van der Waals surface area contributed by atoms with Crippen molar-refractivity contribution in [3.63, 3.8) is 0 Å². The highest BCUT2D eigenvalue weighted by atomic mass is 32.1. The van der Waals surface area contributed by atoms with Crippen molar-refractivity contribution in [1.29, 1.82) is 0 Å². The fourth-order valence-corrected chi connectivity index (χ4v) is 1.86. The lowest BCUT2D eigenvalue weighted by atomic mass is 10.2. The van der Waals surface area contributed by atoms with E-state index < -0.39 is 0 Å². The van der Waals surface area contributed by atoms with Crippen LogP contribution in [0, 0.1) is 6.92 Å². The van der Waals surface area contributed by atoms with Gasteiger partial charge in [-0.2, -0.15) is 5.10 Å². The number of hydrogen-bond acceptors (Lipinski definition) is 2. The third-order valence-electron chi connectivity index (χ3n) is 2.54. The van der Waals surface area contributed by atoms with E-state index in [-0.39, 0.29) is 0 Å². The minimum Gasteiger partial charge on any atom is -0.360 e. The van der Waals surface area contributed by atoms with Gasteiger partial charge in [0.25, 0.3) is 0 Å². The van der Waals surface area contributed by atoms with E-state index in [1.807, 2.05) is 23.6 Å². The molecule has 96 valence electrons. The van der Waals surface area contributed by atoms with Crippen molar-refractivity contribution in [3.05, 3.63) is 17.5 Å². The molecule has 0 amide bonds. The Kier molecular flexibility index (Phi) is 4.93. The van der Waals surface area contributed by atoms with E-state index in [4.69, 9.17) is 12.2 Å². The summed E-state index contributed by atoms with van der Waals surface area (Å²) in [5, 5.41) is 8.44. The van der Waals surface area contributed by atoms with Crippen molar-refractivity contribution in [3.8, 4) is 0 Å². The zero-order chi connectivity index (χ0) is 13.0. The van der Waals surface area contributed by atoms with E-state index in [0.717, 1.165) is 23.9 Å². The quantitative estimate of drug-likeness (QED) is 0.832. The number of aromatic nitrogens is 2. The molecule has 0 unspecified atom stereocenters. The van der Waals surface area contributed by atoms with Crippen LogP contribution in [0.3, 0.4) is 0 Å². The van der Waals surface area contributed by atoms with Gasteiger partial charge in [0.1, 0.15) is 0 Å². The summed E-state index contributed by atoms with van der Waals surface area (Å²) in [6.45, 7) is 9.99. The number of nitrogens with one attached hydrogen (secondary N) is 1. The van der Waals surface area contributed by atoms with Gasteiger partial charge in [-0.05, 0) is 39.9 Å². The van der Waals surface area contributed by atoms with Crippen LogP contribution in [-0.4, -0.2) is 32.9 Å². The number of thiocarbonyl (C=S) groups is 1. The van der Waals surface area contributed by atoms with E-state index in [1.54, 1.807) is 0 Å². The summed E-state index contributed by atoms with van der Waals surface area (Å²) in [5.41, 5.74) is 2.30. The highest BCUT2D eigenvalue weighted by molar-refractivity contribution is 7.80. The third-order valence-corrected chi connectivity index (χ3v) is 2.97. The molecule has 1 N–H and O–H groups in total. The van der Waals surface area contributed by atoms with Crippen LogP contribution in [-0.2, 0) is 13.1 Å². The Morgan fingerprint density at radius 3 is 2.71 bits per heavy atom. The molecule has 0 saturated heterocycles. The monoisotopic (exact) mass is 254 g/mol. The second-order valence-electron chi connectivity index (χ2n) is 4.56. The Labute approximate surface area is 109 Å². The van der Waals surface area contributed by atoms with E-state index in [1.165, 1.54) is 5.56 Å². The molecule has 0 radical (unpaired) electrons. The summed E-state index contributed by atoms with van der Waals surface area (Å²) in [6, 6.07) is 0.365. The van der Waals surface area contributed by atoms with Crippen molar-refractivity contribution < 1.29 is 0 Å². The van der Waals surface area contributed by atoms with Crippen LogP contribution in [0.15, 0.2) is 6.20 Å². The molecule has 0 atom stereocenters. The molecule has 5 heteroatoms. The van der Waals surface area contributed by atoms with Crippen LogP contribution in [0.4, 0.5) is 0 Å². The lowest BCUT2D eigenvalue weighted by molar-refractivity contribution is 0.479. The molecule has 1 heterocycles. The van der Waals surface area contributed by atoms with Crippen molar-refractivity contribution in [2.75, 3.05) is 7.05 Å². The molecule has 1 aromatic heterocycles. The smallest absolute Gasteiger partial charge is 0.169 e. The maximum Gasteiger partial charge on any atom is 0.169 e. The predicted octanol–water partition coefficient (Wildman–Crippen LogP) is 1.93. The summed E-state index contributed by atoms with van der Waals surface area (Å²) in [4.78, 5) is 2.04. The van der Waals surface area contributed by atoms with Crippen molar-refractivity contribution in [2.45, 2.75) is 46.8 Å². The van der Waals surface area contributed by atoms with Gasteiger partial charge in [0.05, 0.1) is 5.69 Å². The zero-order valence-corrected chi connectivity index (χ0v) is 12.1. The highest BCUT2D eigenvalue weighted by Crippen LogP contribution is 2.08. The molecular weight excluding hydrogens is 232 g/mol. The average molecular weight is 254 g/mol. The fraction of sp³-hybridized carbons (Fsp3) is 0.667. The minimum absolute atomic E-state index is 0.365. The largest absolute Gasteiger partial charge is 0.360 e. The lowest BCUT2D eigenvalue weighted by Gasteiger charge is -2.22. The average Bonchev–Trinajstić information content (AvgIpc) is 2.58. The van der Waals surface area contributed by atoms with Gasteiger partial charge < -0.3 is 10.2 Å². The molecule has 0 aliphatic heterocycles. The Morgan fingerprint density at radius 2 is 2.24 bits per heavy atom. The number of nitrogens with zero attached hydrogens (tertiary/aromatic N) is 3. The minimum atomic E-state index is 0.365. The molecule has 0 aromatic carbocycles. The zero-order valence-electron chi connectivity index (χ0n) is 11.3. The number of hydrogen-bond donors (Lipinski definition) is 1. The Bertz CT molecular complexity index is 384. The first kappa shape index (κ1) is 14.0. The van der Waals surface area contributed by atoms with Gasteiger partial charge in [0.2, 0.25) is 0 Å². The first-order chi connectivity index (χ1) is 7.93. The molecule has 0 saturated carbocycles. The van der Waals surface area contributed by atoms with Gasteiger partial charge in [-0.25, -0.2) is 0 Å². The third kappa shape index (κ3) is 4.00. The predicted molar refractivity (Wildman–Crippen MR) is 75.0 cm³/mol. The topological polar surface area (TPSA) is 33.1 Å². The van der Waals surface area contributed by atoms with Gasteiger partial charge in [-0.1, -0.05) is 0 Å². The van der Waals surface area contributed by atoms with Crippen LogP contribution in [0.25, 0.3) is 0 Å². The van der Waals surface area contributed by atoms with Crippen LogP contribution in [0.1, 0.15) is 32.0 Å². The van der Waals surface area contributed by atoms with Crippen LogP contribution in [0.2, 0.25) is 0 Å². The standard InChI is InChI=1S/C12H22N4S/c1-6-16-8-11(10(4)14-16)7-15(5)12(17)13-9(2)3/h8-9H,6-7H2,1-5H3,(H,13,17). The molecule has 1 aromatic rings. The van der Waals surface area contributed by atoms with E-state index >= 15 is 0 Å². The summed E-state index contributed by atoms with van der Waals surface area (Å²) < 4.78 is 1.96. The molecule has 1 rings (SSSR count). The molecule has 17 heavy (non-hydrogen) atoms. The summed E-state index contributed by atoms with van der Waals surface area (Å²) in [5.74, 6) is 0. The number of rotatable bonds is 4. The SMILES string of the molecule is CCn1cc(CN(C)C(=S)NC(C)C)c(C)n1. The summed E-state index contributed by atoms with van der Waals surface area (Å²) >= 11 is 5.32. The lowest BCUT2D eigenvalue weighted by Crippen LogP contribution is -2.40. The van der Waals surface area contributed by atoms with Crippen molar-refractivity contribution in [2.24, 2.45) is 0 Å². The molecule has 0 fully saturated rings. The van der Waals surface area contributed by atoms with Gasteiger partial charge in [0.15, 0.2) is 5.11 Å². The van der Waals surface area contributed by atoms with Crippen LogP contribution in [0.5, 0.6) is 0 Å². The maximum atomic E-state index is 5.32. The molecule has 0 aliphatic rings. The fourth-order valence-electron chi connectivity index (χ4n) is 1.56. The van der Waals surface area contributed by atoms with Gasteiger partial charge >= 0.3 is 0 Å². The molecular formula is C12H22N4S. The molecule has 4 nitrogen and oxygen atoms in total. The van der Waals surface area contributed by atoms with Gasteiger partial charge in [0, 0.05) is 37.9 Å². The highest BCUT2D eigenvalue weighted by Gasteiger charge is 2.10. The van der Waals surface area contributed by atoms with Gasteiger partial charge in [-0.15, -0.1) is 0 Å².